The molecule has 1 atom stereocenters. The Morgan fingerprint density at radius 2 is 2.21 bits per heavy atom. The number of thiophene rings is 1. The fourth-order valence-corrected chi connectivity index (χ4v) is 3.24. The van der Waals surface area contributed by atoms with Crippen molar-refractivity contribution in [1.82, 2.24) is 10.2 Å². The minimum Gasteiger partial charge on any atom is -0.480 e. The lowest BCUT2D eigenvalue weighted by Gasteiger charge is -2.29. The first kappa shape index (κ1) is 13.5. The number of rotatable bonds is 4. The third kappa shape index (κ3) is 1.99. The van der Waals surface area contributed by atoms with Gasteiger partial charge >= 0.3 is 12.0 Å². The second kappa shape index (κ2) is 4.65. The van der Waals surface area contributed by atoms with Crippen LogP contribution in [0.2, 0.25) is 0 Å². The van der Waals surface area contributed by atoms with Crippen LogP contribution in [0.1, 0.15) is 18.7 Å². The SMILES string of the molecule is CC(C)[C@]1(c2cccs2)NC(=O)N(CC(=O)O)C1=O. The number of carbonyl (C=O) groups is 3. The molecule has 0 unspecified atom stereocenters. The van der Waals surface area contributed by atoms with E-state index in [1.165, 1.54) is 11.3 Å². The van der Waals surface area contributed by atoms with E-state index in [1.54, 1.807) is 12.1 Å². The second-order valence-corrected chi connectivity index (χ2v) is 5.60. The fourth-order valence-electron chi connectivity index (χ4n) is 2.22. The molecule has 0 aliphatic carbocycles. The third-order valence-electron chi connectivity index (χ3n) is 3.20. The van der Waals surface area contributed by atoms with Crippen molar-refractivity contribution in [2.75, 3.05) is 6.54 Å². The molecule has 0 saturated carbocycles. The molecule has 2 rings (SSSR count). The van der Waals surface area contributed by atoms with Crippen molar-refractivity contribution >= 4 is 29.2 Å². The van der Waals surface area contributed by atoms with E-state index in [1.807, 2.05) is 19.2 Å². The summed E-state index contributed by atoms with van der Waals surface area (Å²) in [5, 5.41) is 13.3. The van der Waals surface area contributed by atoms with Crippen LogP contribution < -0.4 is 5.32 Å². The van der Waals surface area contributed by atoms with Crippen LogP contribution in [0.15, 0.2) is 17.5 Å². The Hall–Kier alpha value is -1.89. The van der Waals surface area contributed by atoms with Gasteiger partial charge in [0.2, 0.25) is 0 Å². The highest BCUT2D eigenvalue weighted by Gasteiger charge is 2.55. The maximum absolute atomic E-state index is 12.5. The molecular formula is C12H14N2O4S. The van der Waals surface area contributed by atoms with Crippen molar-refractivity contribution in [3.8, 4) is 0 Å². The highest BCUT2D eigenvalue weighted by Crippen LogP contribution is 2.38. The van der Waals surface area contributed by atoms with E-state index < -0.39 is 30.0 Å². The topological polar surface area (TPSA) is 86.7 Å². The van der Waals surface area contributed by atoms with Crippen LogP contribution in [0.5, 0.6) is 0 Å². The molecule has 19 heavy (non-hydrogen) atoms. The lowest BCUT2D eigenvalue weighted by Crippen LogP contribution is -2.48. The van der Waals surface area contributed by atoms with Gasteiger partial charge in [0.05, 0.1) is 0 Å². The van der Waals surface area contributed by atoms with E-state index in [-0.39, 0.29) is 5.92 Å². The van der Waals surface area contributed by atoms with Gasteiger partial charge < -0.3 is 10.4 Å². The molecule has 0 bridgehead atoms. The summed E-state index contributed by atoms with van der Waals surface area (Å²) in [6, 6.07) is 2.91. The quantitative estimate of drug-likeness (QED) is 0.813. The van der Waals surface area contributed by atoms with Crippen LogP contribution in [-0.4, -0.2) is 34.5 Å². The maximum atomic E-state index is 12.5. The molecule has 3 amide bonds. The van der Waals surface area contributed by atoms with Crippen LogP contribution in [0.3, 0.4) is 0 Å². The monoisotopic (exact) mass is 282 g/mol. The first-order valence-corrected chi connectivity index (χ1v) is 6.67. The maximum Gasteiger partial charge on any atom is 0.325 e. The Morgan fingerprint density at radius 1 is 1.53 bits per heavy atom. The summed E-state index contributed by atoms with van der Waals surface area (Å²) in [5.74, 6) is -1.90. The molecule has 0 aromatic carbocycles. The van der Waals surface area contributed by atoms with Gasteiger partial charge in [-0.2, -0.15) is 0 Å². The first-order chi connectivity index (χ1) is 8.89. The molecule has 2 N–H and O–H groups in total. The zero-order valence-electron chi connectivity index (χ0n) is 10.5. The Bertz CT molecular complexity index is 526. The molecule has 0 radical (unpaired) electrons. The number of nitrogens with one attached hydrogen (secondary N) is 1. The summed E-state index contributed by atoms with van der Waals surface area (Å²) in [5.41, 5.74) is -1.15. The van der Waals surface area contributed by atoms with Gasteiger partial charge in [-0.15, -0.1) is 11.3 Å². The molecule has 6 nitrogen and oxygen atoms in total. The summed E-state index contributed by atoms with van der Waals surface area (Å²) in [4.78, 5) is 36.6. The van der Waals surface area contributed by atoms with Crippen LogP contribution in [-0.2, 0) is 15.1 Å². The van der Waals surface area contributed by atoms with Gasteiger partial charge in [-0.25, -0.2) is 4.79 Å². The van der Waals surface area contributed by atoms with Crippen LogP contribution >= 0.6 is 11.3 Å². The molecule has 1 fully saturated rings. The first-order valence-electron chi connectivity index (χ1n) is 5.79. The molecule has 1 aromatic heterocycles. The van der Waals surface area contributed by atoms with Gasteiger partial charge in [0.15, 0.2) is 5.54 Å². The van der Waals surface area contributed by atoms with Gasteiger partial charge in [-0.3, -0.25) is 14.5 Å². The summed E-state index contributed by atoms with van der Waals surface area (Å²) in [6.45, 7) is 3.02. The third-order valence-corrected chi connectivity index (χ3v) is 4.21. The summed E-state index contributed by atoms with van der Waals surface area (Å²) in [6.07, 6.45) is 0. The van der Waals surface area contributed by atoms with Gasteiger partial charge in [0.25, 0.3) is 5.91 Å². The lowest BCUT2D eigenvalue weighted by atomic mass is 9.85. The number of amides is 3. The zero-order valence-corrected chi connectivity index (χ0v) is 11.4. The molecule has 1 aliphatic heterocycles. The Balaban J connectivity index is 2.45. The molecule has 1 aromatic rings. The number of hydrogen-bond donors (Lipinski definition) is 2. The molecule has 7 heteroatoms. The number of carbonyl (C=O) groups excluding carboxylic acids is 2. The molecule has 1 saturated heterocycles. The number of urea groups is 1. The minimum atomic E-state index is -1.21. The number of hydrogen-bond acceptors (Lipinski definition) is 4. The molecular weight excluding hydrogens is 268 g/mol. The molecule has 1 aliphatic rings. The van der Waals surface area contributed by atoms with Gasteiger partial charge in [0, 0.05) is 4.88 Å². The van der Waals surface area contributed by atoms with E-state index in [0.29, 0.717) is 4.88 Å². The van der Waals surface area contributed by atoms with E-state index in [2.05, 4.69) is 5.32 Å². The number of aliphatic carboxylic acids is 1. The van der Waals surface area contributed by atoms with Gasteiger partial charge in [-0.1, -0.05) is 19.9 Å². The average molecular weight is 282 g/mol. The van der Waals surface area contributed by atoms with E-state index in [9.17, 15) is 14.4 Å². The standard InChI is InChI=1S/C12H14N2O4S/c1-7(2)12(8-4-3-5-19-8)10(17)14(6-9(15)16)11(18)13-12/h3-5,7H,6H2,1-2H3,(H,13,18)(H,15,16)/t12-/m1/s1. The molecule has 2 heterocycles. The lowest BCUT2D eigenvalue weighted by molar-refractivity contribution is -0.143. The van der Waals surface area contributed by atoms with Crippen molar-refractivity contribution in [2.24, 2.45) is 5.92 Å². The largest absolute Gasteiger partial charge is 0.480 e. The van der Waals surface area contributed by atoms with Crippen molar-refractivity contribution in [1.29, 1.82) is 0 Å². The number of carboxylic acids is 1. The van der Waals surface area contributed by atoms with Crippen LogP contribution in [0.25, 0.3) is 0 Å². The van der Waals surface area contributed by atoms with E-state index >= 15 is 0 Å². The summed E-state index contributed by atoms with van der Waals surface area (Å²) in [7, 11) is 0. The van der Waals surface area contributed by atoms with Gasteiger partial charge in [0.1, 0.15) is 6.54 Å². The normalized spacial score (nSPS) is 23.0. The highest BCUT2D eigenvalue weighted by molar-refractivity contribution is 7.10. The zero-order chi connectivity index (χ0) is 14.2. The fraction of sp³-hybridized carbons (Fsp3) is 0.417. The predicted molar refractivity (Wildman–Crippen MR) is 68.7 cm³/mol. The Morgan fingerprint density at radius 3 is 2.68 bits per heavy atom. The van der Waals surface area contributed by atoms with E-state index in [4.69, 9.17) is 5.11 Å². The predicted octanol–water partition coefficient (Wildman–Crippen LogP) is 1.24. The Kier molecular flexibility index (Phi) is 3.32. The molecule has 102 valence electrons. The van der Waals surface area contributed by atoms with Crippen molar-refractivity contribution in [3.05, 3.63) is 22.4 Å². The molecule has 0 spiro atoms. The van der Waals surface area contributed by atoms with Crippen LogP contribution in [0.4, 0.5) is 4.79 Å². The average Bonchev–Trinajstić information content (AvgIpc) is 2.91. The summed E-state index contributed by atoms with van der Waals surface area (Å²) < 4.78 is 0. The number of imide groups is 1. The van der Waals surface area contributed by atoms with Crippen molar-refractivity contribution in [3.63, 3.8) is 0 Å². The minimum absolute atomic E-state index is 0.179. The Labute approximate surface area is 114 Å². The van der Waals surface area contributed by atoms with Crippen molar-refractivity contribution < 1.29 is 19.5 Å². The second-order valence-electron chi connectivity index (χ2n) is 4.66. The van der Waals surface area contributed by atoms with Gasteiger partial charge in [-0.05, 0) is 17.4 Å². The van der Waals surface area contributed by atoms with Crippen LogP contribution in [0, 0.1) is 5.92 Å². The number of carboxylic acid groups (broad SMARTS) is 1. The smallest absolute Gasteiger partial charge is 0.325 e. The van der Waals surface area contributed by atoms with Crippen molar-refractivity contribution in [2.45, 2.75) is 19.4 Å². The summed E-state index contributed by atoms with van der Waals surface area (Å²) >= 11 is 1.36. The van der Waals surface area contributed by atoms with E-state index in [0.717, 1.165) is 4.90 Å². The number of nitrogens with zero attached hydrogens (tertiary/aromatic N) is 1. The highest BCUT2D eigenvalue weighted by atomic mass is 32.1.